The van der Waals surface area contributed by atoms with Crippen molar-refractivity contribution in [1.29, 1.82) is 0 Å². The number of halogens is 1. The van der Waals surface area contributed by atoms with Gasteiger partial charge in [-0.25, -0.2) is 9.48 Å². The zero-order chi connectivity index (χ0) is 21.8. The molecule has 2 heterocycles. The second-order valence-electron chi connectivity index (χ2n) is 7.71. The second-order valence-corrected chi connectivity index (χ2v) is 8.57. The van der Waals surface area contributed by atoms with Crippen molar-refractivity contribution in [3.63, 3.8) is 0 Å². The highest BCUT2D eigenvalue weighted by molar-refractivity contribution is 9.10. The molecular weight excluding hydrogens is 460 g/mol. The Morgan fingerprint density at radius 3 is 2.68 bits per heavy atom. The van der Waals surface area contributed by atoms with Gasteiger partial charge in [-0.15, -0.1) is 5.10 Å². The van der Waals surface area contributed by atoms with E-state index < -0.39 is 0 Å². The number of fused-ring (bicyclic) bond motifs is 1. The molecule has 0 spiro atoms. The summed E-state index contributed by atoms with van der Waals surface area (Å²) in [5.41, 5.74) is 3.93. The number of amides is 3. The molecule has 0 atom stereocenters. The molecule has 0 unspecified atom stereocenters. The van der Waals surface area contributed by atoms with Crippen LogP contribution in [0.25, 0.3) is 11.0 Å². The van der Waals surface area contributed by atoms with Crippen LogP contribution >= 0.6 is 15.9 Å². The Balaban J connectivity index is 1.34. The van der Waals surface area contributed by atoms with E-state index in [1.807, 2.05) is 42.2 Å². The third-order valence-corrected chi connectivity index (χ3v) is 6.32. The summed E-state index contributed by atoms with van der Waals surface area (Å²) >= 11 is 3.45. The van der Waals surface area contributed by atoms with Gasteiger partial charge in [-0.05, 0) is 68.1 Å². The number of rotatable bonds is 5. The number of nitrogens with one attached hydrogen (secondary N) is 2. The summed E-state index contributed by atoms with van der Waals surface area (Å²) in [5.74, 6) is 0.0534. The van der Waals surface area contributed by atoms with Gasteiger partial charge in [-0.1, -0.05) is 21.1 Å². The predicted octanol–water partition coefficient (Wildman–Crippen LogP) is 3.95. The van der Waals surface area contributed by atoms with Gasteiger partial charge in [-0.3, -0.25) is 4.79 Å². The van der Waals surface area contributed by atoms with Crippen LogP contribution < -0.4 is 10.6 Å². The van der Waals surface area contributed by atoms with Gasteiger partial charge in [0.15, 0.2) is 0 Å². The third kappa shape index (κ3) is 5.04. The lowest BCUT2D eigenvalue weighted by molar-refractivity contribution is 0.0724. The lowest BCUT2D eigenvalue weighted by Gasteiger charge is -2.26. The van der Waals surface area contributed by atoms with Crippen molar-refractivity contribution in [1.82, 2.24) is 25.2 Å². The quantitative estimate of drug-likeness (QED) is 0.573. The molecule has 3 aromatic rings. The van der Waals surface area contributed by atoms with Gasteiger partial charge < -0.3 is 15.5 Å². The average molecular weight is 485 g/mol. The Kier molecular flexibility index (Phi) is 6.50. The summed E-state index contributed by atoms with van der Waals surface area (Å²) in [4.78, 5) is 26.8. The van der Waals surface area contributed by atoms with E-state index in [1.165, 1.54) is 6.42 Å². The second kappa shape index (κ2) is 9.47. The Hall–Kier alpha value is -2.94. The van der Waals surface area contributed by atoms with Gasteiger partial charge in [0.1, 0.15) is 5.52 Å². The van der Waals surface area contributed by atoms with Crippen LogP contribution in [-0.4, -0.2) is 51.5 Å². The van der Waals surface area contributed by atoms with Gasteiger partial charge in [0.25, 0.3) is 5.91 Å². The molecular formula is C22H25BrN6O2. The SMILES string of the molecule is Cc1cc(NC(=O)NCCn2nnc3cc(C(=O)N4CCCCC4)ccc32)ccc1Br. The van der Waals surface area contributed by atoms with Crippen molar-refractivity contribution in [2.24, 2.45) is 0 Å². The van der Waals surface area contributed by atoms with E-state index in [0.717, 1.165) is 47.2 Å². The van der Waals surface area contributed by atoms with Crippen LogP contribution in [0.1, 0.15) is 35.2 Å². The number of urea groups is 1. The van der Waals surface area contributed by atoms with E-state index in [0.29, 0.717) is 24.2 Å². The average Bonchev–Trinajstić information content (AvgIpc) is 3.18. The first-order valence-electron chi connectivity index (χ1n) is 10.4. The molecule has 0 radical (unpaired) electrons. The summed E-state index contributed by atoms with van der Waals surface area (Å²) in [7, 11) is 0. The zero-order valence-electron chi connectivity index (χ0n) is 17.4. The number of anilines is 1. The largest absolute Gasteiger partial charge is 0.339 e. The summed E-state index contributed by atoms with van der Waals surface area (Å²) in [5, 5.41) is 14.0. The normalized spacial score (nSPS) is 13.9. The van der Waals surface area contributed by atoms with Gasteiger partial charge in [0, 0.05) is 35.4 Å². The molecule has 1 fully saturated rings. The molecule has 0 aliphatic carbocycles. The molecule has 2 N–H and O–H groups in total. The predicted molar refractivity (Wildman–Crippen MR) is 123 cm³/mol. The number of carbonyl (C=O) groups is 2. The minimum Gasteiger partial charge on any atom is -0.339 e. The fourth-order valence-electron chi connectivity index (χ4n) is 3.72. The molecule has 1 aliphatic heterocycles. The smallest absolute Gasteiger partial charge is 0.319 e. The topological polar surface area (TPSA) is 92.1 Å². The van der Waals surface area contributed by atoms with Gasteiger partial charge in [-0.2, -0.15) is 0 Å². The van der Waals surface area contributed by atoms with E-state index in [4.69, 9.17) is 0 Å². The van der Waals surface area contributed by atoms with Crippen molar-refractivity contribution in [3.05, 3.63) is 52.0 Å². The molecule has 1 aromatic heterocycles. The lowest BCUT2D eigenvalue weighted by Crippen LogP contribution is -2.35. The lowest BCUT2D eigenvalue weighted by atomic mass is 10.1. The molecule has 162 valence electrons. The van der Waals surface area contributed by atoms with Crippen LogP contribution in [-0.2, 0) is 6.54 Å². The minimum absolute atomic E-state index is 0.0534. The summed E-state index contributed by atoms with van der Waals surface area (Å²) < 4.78 is 2.73. The molecule has 9 heteroatoms. The number of hydrogen-bond acceptors (Lipinski definition) is 4. The first-order valence-corrected chi connectivity index (χ1v) is 11.2. The highest BCUT2D eigenvalue weighted by Crippen LogP contribution is 2.20. The van der Waals surface area contributed by atoms with E-state index in [1.54, 1.807) is 10.7 Å². The minimum atomic E-state index is -0.277. The van der Waals surface area contributed by atoms with E-state index in [-0.39, 0.29) is 11.9 Å². The van der Waals surface area contributed by atoms with E-state index >= 15 is 0 Å². The fraction of sp³-hybridized carbons (Fsp3) is 0.364. The molecule has 0 saturated carbocycles. The summed E-state index contributed by atoms with van der Waals surface area (Å²) in [6.45, 7) is 4.47. The number of likely N-dealkylation sites (tertiary alicyclic amines) is 1. The van der Waals surface area contributed by atoms with Gasteiger partial charge >= 0.3 is 6.03 Å². The molecule has 8 nitrogen and oxygen atoms in total. The van der Waals surface area contributed by atoms with Crippen LogP contribution in [0, 0.1) is 6.92 Å². The maximum absolute atomic E-state index is 12.7. The molecule has 1 saturated heterocycles. The van der Waals surface area contributed by atoms with Crippen LogP contribution in [0.2, 0.25) is 0 Å². The van der Waals surface area contributed by atoms with Crippen molar-refractivity contribution >= 4 is 44.6 Å². The van der Waals surface area contributed by atoms with Crippen molar-refractivity contribution in [3.8, 4) is 0 Å². The first-order chi connectivity index (χ1) is 15.0. The number of aryl methyl sites for hydroxylation is 1. The maximum atomic E-state index is 12.7. The summed E-state index contributed by atoms with van der Waals surface area (Å²) in [6, 6.07) is 10.9. The third-order valence-electron chi connectivity index (χ3n) is 5.43. The Labute approximate surface area is 189 Å². The van der Waals surface area contributed by atoms with Crippen LogP contribution in [0.3, 0.4) is 0 Å². The molecule has 2 aromatic carbocycles. The molecule has 1 aliphatic rings. The Morgan fingerprint density at radius 1 is 1.10 bits per heavy atom. The zero-order valence-corrected chi connectivity index (χ0v) is 19.0. The molecule has 0 bridgehead atoms. The van der Waals surface area contributed by atoms with Gasteiger partial charge in [0.2, 0.25) is 0 Å². The summed E-state index contributed by atoms with van der Waals surface area (Å²) in [6.07, 6.45) is 3.31. The highest BCUT2D eigenvalue weighted by atomic mass is 79.9. The molecule has 4 rings (SSSR count). The van der Waals surface area contributed by atoms with Crippen LogP contribution in [0.15, 0.2) is 40.9 Å². The number of carbonyl (C=O) groups excluding carboxylic acids is 2. The first kappa shape index (κ1) is 21.3. The van der Waals surface area contributed by atoms with E-state index in [9.17, 15) is 9.59 Å². The number of benzene rings is 2. The van der Waals surface area contributed by atoms with Crippen molar-refractivity contribution in [2.45, 2.75) is 32.7 Å². The standard InChI is InChI=1S/C22H25BrN6O2/c1-15-13-17(6-7-18(15)23)25-22(31)24-9-12-29-20-8-5-16(14-19(20)26-27-29)21(30)28-10-3-2-4-11-28/h5-8,13-14H,2-4,9-12H2,1H3,(H2,24,25,31). The van der Waals surface area contributed by atoms with Crippen molar-refractivity contribution < 1.29 is 9.59 Å². The Bertz CT molecular complexity index is 1110. The fourth-order valence-corrected chi connectivity index (χ4v) is 3.97. The van der Waals surface area contributed by atoms with E-state index in [2.05, 4.69) is 36.9 Å². The number of hydrogen-bond donors (Lipinski definition) is 2. The van der Waals surface area contributed by atoms with Crippen LogP contribution in [0.4, 0.5) is 10.5 Å². The Morgan fingerprint density at radius 2 is 1.90 bits per heavy atom. The maximum Gasteiger partial charge on any atom is 0.319 e. The number of nitrogens with zero attached hydrogens (tertiary/aromatic N) is 4. The van der Waals surface area contributed by atoms with Crippen molar-refractivity contribution in [2.75, 3.05) is 25.0 Å². The molecule has 3 amide bonds. The number of piperidine rings is 1. The van der Waals surface area contributed by atoms with Crippen LogP contribution in [0.5, 0.6) is 0 Å². The molecule has 31 heavy (non-hydrogen) atoms. The van der Waals surface area contributed by atoms with Gasteiger partial charge in [0.05, 0.1) is 12.1 Å². The highest BCUT2D eigenvalue weighted by Gasteiger charge is 2.19. The monoisotopic (exact) mass is 484 g/mol. The number of aromatic nitrogens is 3.